The number of rotatable bonds is 6. The maximum Gasteiger partial charge on any atom is 0.191 e. The van der Waals surface area contributed by atoms with Gasteiger partial charge in [0, 0.05) is 32.2 Å². The van der Waals surface area contributed by atoms with Gasteiger partial charge < -0.3 is 15.5 Å². The van der Waals surface area contributed by atoms with E-state index in [1.807, 2.05) is 19.4 Å². The van der Waals surface area contributed by atoms with E-state index in [9.17, 15) is 0 Å². The predicted octanol–water partition coefficient (Wildman–Crippen LogP) is 2.53. The first-order valence-corrected chi connectivity index (χ1v) is 8.57. The minimum Gasteiger partial charge on any atom is -0.373 e. The van der Waals surface area contributed by atoms with Gasteiger partial charge in [-0.25, -0.2) is 9.97 Å². The summed E-state index contributed by atoms with van der Waals surface area (Å²) in [7, 11) is 1.89. The lowest BCUT2D eigenvalue weighted by atomic mass is 10.0. The lowest BCUT2D eigenvalue weighted by Crippen LogP contribution is -2.39. The number of thioether (sulfide) groups is 1. The van der Waals surface area contributed by atoms with Gasteiger partial charge in [-0.1, -0.05) is 18.7 Å². The van der Waals surface area contributed by atoms with Crippen LogP contribution in [0.1, 0.15) is 26.2 Å². The van der Waals surface area contributed by atoms with Crippen LogP contribution in [0.25, 0.3) is 0 Å². The van der Waals surface area contributed by atoms with Crippen molar-refractivity contribution < 1.29 is 0 Å². The van der Waals surface area contributed by atoms with E-state index in [2.05, 4.69) is 32.4 Å². The first kappa shape index (κ1) is 15.4. The summed E-state index contributed by atoms with van der Waals surface area (Å²) >= 11 is 1.57. The summed E-state index contributed by atoms with van der Waals surface area (Å²) in [5, 5.41) is 7.46. The fraction of sp³-hybridized carbons (Fsp3) is 0.714. The smallest absolute Gasteiger partial charge is 0.191 e. The molecule has 2 heterocycles. The molecule has 0 aliphatic carbocycles. The van der Waals surface area contributed by atoms with Crippen molar-refractivity contribution in [1.82, 2.24) is 14.9 Å². The summed E-state index contributed by atoms with van der Waals surface area (Å²) in [5.41, 5.74) is 0. The van der Waals surface area contributed by atoms with Gasteiger partial charge in [-0.05, 0) is 32.1 Å². The van der Waals surface area contributed by atoms with Gasteiger partial charge in [0.1, 0.15) is 11.6 Å². The molecule has 2 rings (SSSR count). The van der Waals surface area contributed by atoms with E-state index in [1.165, 1.54) is 38.9 Å². The average Bonchev–Trinajstić information content (AvgIpc) is 2.49. The van der Waals surface area contributed by atoms with Crippen molar-refractivity contribution in [3.63, 3.8) is 0 Å². The van der Waals surface area contributed by atoms with E-state index in [4.69, 9.17) is 0 Å². The first-order valence-electron chi connectivity index (χ1n) is 7.35. The van der Waals surface area contributed by atoms with Crippen LogP contribution in [-0.4, -0.2) is 53.8 Å². The molecule has 0 atom stereocenters. The Labute approximate surface area is 125 Å². The second kappa shape index (κ2) is 7.69. The van der Waals surface area contributed by atoms with Crippen LogP contribution in [0.15, 0.2) is 11.2 Å². The maximum absolute atomic E-state index is 4.54. The van der Waals surface area contributed by atoms with Crippen LogP contribution in [0.3, 0.4) is 0 Å². The third-order valence-electron chi connectivity index (χ3n) is 3.62. The van der Waals surface area contributed by atoms with E-state index in [0.717, 1.165) is 16.8 Å². The Bertz CT molecular complexity index is 396. The fourth-order valence-corrected chi connectivity index (χ4v) is 2.92. The molecule has 0 bridgehead atoms. The highest BCUT2D eigenvalue weighted by Crippen LogP contribution is 2.20. The summed E-state index contributed by atoms with van der Waals surface area (Å²) in [4.78, 5) is 11.5. The molecular formula is C14H25N5S. The van der Waals surface area contributed by atoms with Crippen molar-refractivity contribution in [2.75, 3.05) is 43.6 Å². The summed E-state index contributed by atoms with van der Waals surface area (Å²) in [5.74, 6) is 1.80. The molecule has 1 fully saturated rings. The molecular weight excluding hydrogens is 270 g/mol. The number of likely N-dealkylation sites (tertiary alicyclic amines) is 1. The number of hydrogen-bond donors (Lipinski definition) is 2. The van der Waals surface area contributed by atoms with Crippen molar-refractivity contribution in [2.45, 2.75) is 37.4 Å². The predicted molar refractivity (Wildman–Crippen MR) is 86.7 cm³/mol. The molecule has 0 saturated carbocycles. The van der Waals surface area contributed by atoms with E-state index < -0.39 is 0 Å². The van der Waals surface area contributed by atoms with Crippen molar-refractivity contribution in [3.05, 3.63) is 6.07 Å². The van der Waals surface area contributed by atoms with E-state index >= 15 is 0 Å². The summed E-state index contributed by atoms with van der Waals surface area (Å²) < 4.78 is 0. The Morgan fingerprint density at radius 1 is 1.30 bits per heavy atom. The standard InChI is InChI=1S/C14H25N5S/c1-4-7-19-8-5-11(6-9-19)16-13-10-12(15-2)17-14(18-13)20-3/h10-11H,4-9H2,1-3H3,(H2,15,16,17,18). The molecule has 112 valence electrons. The zero-order valence-electron chi connectivity index (χ0n) is 12.6. The highest BCUT2D eigenvalue weighted by atomic mass is 32.2. The lowest BCUT2D eigenvalue weighted by Gasteiger charge is -2.32. The third kappa shape index (κ3) is 4.24. The molecule has 6 heteroatoms. The molecule has 1 aliphatic rings. The molecule has 0 unspecified atom stereocenters. The Balaban J connectivity index is 1.93. The molecule has 0 spiro atoms. The molecule has 0 radical (unpaired) electrons. The number of nitrogens with zero attached hydrogens (tertiary/aromatic N) is 3. The summed E-state index contributed by atoms with van der Waals surface area (Å²) in [6.45, 7) is 5.84. The maximum atomic E-state index is 4.54. The second-order valence-electron chi connectivity index (χ2n) is 5.14. The van der Waals surface area contributed by atoms with Gasteiger partial charge in [0.25, 0.3) is 0 Å². The molecule has 5 nitrogen and oxygen atoms in total. The minimum atomic E-state index is 0.525. The second-order valence-corrected chi connectivity index (χ2v) is 5.91. The van der Waals surface area contributed by atoms with E-state index in [-0.39, 0.29) is 0 Å². The topological polar surface area (TPSA) is 53.1 Å². The highest BCUT2D eigenvalue weighted by Gasteiger charge is 2.19. The van der Waals surface area contributed by atoms with Crippen molar-refractivity contribution in [3.8, 4) is 0 Å². The van der Waals surface area contributed by atoms with E-state index in [1.54, 1.807) is 11.8 Å². The van der Waals surface area contributed by atoms with E-state index in [0.29, 0.717) is 6.04 Å². The Morgan fingerprint density at radius 2 is 2.00 bits per heavy atom. The minimum absolute atomic E-state index is 0.525. The van der Waals surface area contributed by atoms with Gasteiger partial charge in [-0.2, -0.15) is 0 Å². The van der Waals surface area contributed by atoms with Crippen LogP contribution in [0.2, 0.25) is 0 Å². The van der Waals surface area contributed by atoms with Gasteiger partial charge in [0.2, 0.25) is 0 Å². The van der Waals surface area contributed by atoms with Crippen LogP contribution < -0.4 is 10.6 Å². The van der Waals surface area contributed by atoms with Gasteiger partial charge >= 0.3 is 0 Å². The van der Waals surface area contributed by atoms with Gasteiger partial charge in [-0.3, -0.25) is 0 Å². The van der Waals surface area contributed by atoms with Crippen LogP contribution in [0, 0.1) is 0 Å². The average molecular weight is 295 g/mol. The van der Waals surface area contributed by atoms with Crippen molar-refractivity contribution in [1.29, 1.82) is 0 Å². The zero-order chi connectivity index (χ0) is 14.4. The van der Waals surface area contributed by atoms with Crippen LogP contribution >= 0.6 is 11.8 Å². The van der Waals surface area contributed by atoms with Crippen molar-refractivity contribution in [2.24, 2.45) is 0 Å². The first-order chi connectivity index (χ1) is 9.75. The SMILES string of the molecule is CCCN1CCC(Nc2cc(NC)nc(SC)n2)CC1. The largest absolute Gasteiger partial charge is 0.373 e. The molecule has 0 aromatic carbocycles. The molecule has 1 aromatic heterocycles. The number of anilines is 2. The number of piperidine rings is 1. The Hall–Kier alpha value is -1.01. The number of aromatic nitrogens is 2. The van der Waals surface area contributed by atoms with Gasteiger partial charge in [0.05, 0.1) is 0 Å². The Morgan fingerprint density at radius 3 is 2.60 bits per heavy atom. The molecule has 2 N–H and O–H groups in total. The van der Waals surface area contributed by atoms with Gasteiger partial charge in [0.15, 0.2) is 5.16 Å². The Kier molecular flexibility index (Phi) is 5.91. The highest BCUT2D eigenvalue weighted by molar-refractivity contribution is 7.98. The lowest BCUT2D eigenvalue weighted by molar-refractivity contribution is 0.219. The van der Waals surface area contributed by atoms with Crippen molar-refractivity contribution >= 4 is 23.4 Å². The fourth-order valence-electron chi connectivity index (χ4n) is 2.54. The van der Waals surface area contributed by atoms with Crippen LogP contribution in [-0.2, 0) is 0 Å². The van der Waals surface area contributed by atoms with Crippen LogP contribution in [0.4, 0.5) is 11.6 Å². The monoisotopic (exact) mass is 295 g/mol. The molecule has 20 heavy (non-hydrogen) atoms. The molecule has 0 amide bonds. The summed E-state index contributed by atoms with van der Waals surface area (Å²) in [6.07, 6.45) is 5.62. The number of nitrogens with one attached hydrogen (secondary N) is 2. The third-order valence-corrected chi connectivity index (χ3v) is 4.17. The normalized spacial score (nSPS) is 17.1. The van der Waals surface area contributed by atoms with Crippen LogP contribution in [0.5, 0.6) is 0 Å². The molecule has 1 saturated heterocycles. The zero-order valence-corrected chi connectivity index (χ0v) is 13.5. The number of hydrogen-bond acceptors (Lipinski definition) is 6. The van der Waals surface area contributed by atoms with Gasteiger partial charge in [-0.15, -0.1) is 0 Å². The molecule has 1 aliphatic heterocycles. The quantitative estimate of drug-likeness (QED) is 0.621. The molecule has 1 aromatic rings. The summed E-state index contributed by atoms with van der Waals surface area (Å²) in [6, 6.07) is 2.51.